The van der Waals surface area contributed by atoms with E-state index in [1.165, 1.54) is 16.4 Å². The van der Waals surface area contributed by atoms with Gasteiger partial charge in [-0.25, -0.2) is 13.2 Å². The van der Waals surface area contributed by atoms with Crippen LogP contribution in [0.3, 0.4) is 0 Å². The van der Waals surface area contributed by atoms with Crippen LogP contribution in [0.2, 0.25) is 0 Å². The fraction of sp³-hybridized carbons (Fsp3) is 0.643. The lowest BCUT2D eigenvalue weighted by Crippen LogP contribution is -2.53. The molecule has 1 atom stereocenters. The van der Waals surface area contributed by atoms with Gasteiger partial charge in [0.05, 0.1) is 6.61 Å². The van der Waals surface area contributed by atoms with Crippen LogP contribution in [-0.2, 0) is 14.8 Å². The predicted molar refractivity (Wildman–Crippen MR) is 87.0 cm³/mol. The first-order valence-corrected chi connectivity index (χ1v) is 8.65. The van der Waals surface area contributed by atoms with E-state index in [-0.39, 0.29) is 41.3 Å². The number of hydrogen-bond acceptors (Lipinski definition) is 6. The van der Waals surface area contributed by atoms with E-state index in [1.54, 1.807) is 6.92 Å². The zero-order valence-electron chi connectivity index (χ0n) is 13.4. The largest absolute Gasteiger partial charge is 0.460 e. The van der Waals surface area contributed by atoms with E-state index < -0.39 is 16.0 Å². The Kier molecular flexibility index (Phi) is 6.25. The second-order valence-corrected chi connectivity index (χ2v) is 7.93. The van der Waals surface area contributed by atoms with E-state index in [2.05, 4.69) is 0 Å². The van der Waals surface area contributed by atoms with Gasteiger partial charge < -0.3 is 14.9 Å². The van der Waals surface area contributed by atoms with Crippen molar-refractivity contribution < 1.29 is 22.4 Å². The van der Waals surface area contributed by atoms with Crippen LogP contribution in [0, 0.1) is 5.41 Å². The molecule has 0 saturated carbocycles. The maximum atomic E-state index is 12.6. The Morgan fingerprint density at radius 2 is 2.13 bits per heavy atom. The fourth-order valence-electron chi connectivity index (χ4n) is 2.43. The number of carbonyl (C=O) groups is 1. The minimum Gasteiger partial charge on any atom is -0.460 e. The van der Waals surface area contributed by atoms with Gasteiger partial charge in [-0.15, -0.1) is 12.4 Å². The van der Waals surface area contributed by atoms with Gasteiger partial charge in [0.2, 0.25) is 10.9 Å². The molecule has 2 rings (SSSR count). The smallest absolute Gasteiger partial charge is 0.374 e. The first kappa shape index (κ1) is 20.0. The van der Waals surface area contributed by atoms with Crippen LogP contribution in [-0.4, -0.2) is 44.4 Å². The van der Waals surface area contributed by atoms with Crippen LogP contribution in [0.5, 0.6) is 0 Å². The monoisotopic (exact) mass is 366 g/mol. The van der Waals surface area contributed by atoms with Crippen molar-refractivity contribution in [3.8, 4) is 0 Å². The van der Waals surface area contributed by atoms with Gasteiger partial charge in [0, 0.05) is 19.1 Å². The van der Waals surface area contributed by atoms with Gasteiger partial charge in [-0.3, -0.25) is 0 Å². The minimum atomic E-state index is -3.78. The molecule has 2 heterocycles. The highest BCUT2D eigenvalue weighted by molar-refractivity contribution is 7.89. The highest BCUT2D eigenvalue weighted by atomic mass is 35.5. The molecule has 0 aromatic carbocycles. The molecule has 1 aliphatic rings. The van der Waals surface area contributed by atoms with Gasteiger partial charge in [-0.05, 0) is 30.9 Å². The van der Waals surface area contributed by atoms with Crippen molar-refractivity contribution >= 4 is 28.4 Å². The van der Waals surface area contributed by atoms with Crippen molar-refractivity contribution in [2.24, 2.45) is 11.1 Å². The third-order valence-electron chi connectivity index (χ3n) is 3.93. The number of furan rings is 1. The molecule has 0 spiro atoms. The Morgan fingerprint density at radius 1 is 1.48 bits per heavy atom. The Labute approximate surface area is 142 Å². The zero-order valence-corrected chi connectivity index (χ0v) is 15.1. The molecule has 1 fully saturated rings. The third kappa shape index (κ3) is 4.06. The van der Waals surface area contributed by atoms with Gasteiger partial charge in [0.15, 0.2) is 0 Å². The summed E-state index contributed by atoms with van der Waals surface area (Å²) in [7, 11) is -3.78. The van der Waals surface area contributed by atoms with E-state index in [0.717, 1.165) is 0 Å². The number of sulfonamides is 1. The van der Waals surface area contributed by atoms with Gasteiger partial charge >= 0.3 is 5.97 Å². The van der Waals surface area contributed by atoms with Crippen LogP contribution in [0.4, 0.5) is 0 Å². The Balaban J connectivity index is 0.00000264. The molecule has 23 heavy (non-hydrogen) atoms. The summed E-state index contributed by atoms with van der Waals surface area (Å²) in [6, 6.07) is 2.54. The highest BCUT2D eigenvalue weighted by Gasteiger charge is 2.40. The summed E-state index contributed by atoms with van der Waals surface area (Å²) >= 11 is 0. The average molecular weight is 367 g/mol. The van der Waals surface area contributed by atoms with E-state index in [0.29, 0.717) is 19.5 Å². The second kappa shape index (κ2) is 7.21. The van der Waals surface area contributed by atoms with E-state index in [1.807, 2.05) is 13.8 Å². The molecule has 9 heteroatoms. The summed E-state index contributed by atoms with van der Waals surface area (Å²) in [6.07, 6.45) is 0.581. The molecule has 7 nitrogen and oxygen atoms in total. The first-order chi connectivity index (χ1) is 10.2. The number of rotatable bonds is 4. The van der Waals surface area contributed by atoms with Gasteiger partial charge in [0.1, 0.15) is 0 Å². The highest BCUT2D eigenvalue weighted by Crippen LogP contribution is 2.31. The van der Waals surface area contributed by atoms with Crippen molar-refractivity contribution in [2.45, 2.75) is 38.3 Å². The van der Waals surface area contributed by atoms with E-state index >= 15 is 0 Å². The van der Waals surface area contributed by atoms with Crippen LogP contribution >= 0.6 is 12.4 Å². The summed E-state index contributed by atoms with van der Waals surface area (Å²) in [5.41, 5.74) is 5.71. The quantitative estimate of drug-likeness (QED) is 0.812. The normalized spacial score (nSPS) is 21.5. The van der Waals surface area contributed by atoms with E-state index in [4.69, 9.17) is 14.9 Å². The van der Waals surface area contributed by atoms with Crippen LogP contribution < -0.4 is 5.73 Å². The lowest BCUT2D eigenvalue weighted by atomic mass is 9.81. The summed E-state index contributed by atoms with van der Waals surface area (Å²) in [4.78, 5) is 11.6. The number of nitrogens with zero attached hydrogens (tertiary/aromatic N) is 1. The van der Waals surface area contributed by atoms with Crippen LogP contribution in [0.15, 0.2) is 21.6 Å². The predicted octanol–water partition coefficient (Wildman–Crippen LogP) is 1.63. The number of esters is 1. The molecule has 1 saturated heterocycles. The van der Waals surface area contributed by atoms with Gasteiger partial charge in [-0.1, -0.05) is 13.8 Å². The molecule has 2 N–H and O–H groups in total. The molecule has 1 aromatic rings. The Bertz CT molecular complexity index is 656. The number of nitrogens with two attached hydrogens (primary N) is 1. The zero-order chi connectivity index (χ0) is 16.5. The SMILES string of the molecule is CCOC(=O)c1ccc(S(=O)(=O)N2CCC(N)C(C)(C)C2)o1.Cl. The number of halogens is 1. The average Bonchev–Trinajstić information content (AvgIpc) is 2.92. The molecule has 0 aliphatic carbocycles. The Hall–Kier alpha value is -1.09. The Morgan fingerprint density at radius 3 is 2.70 bits per heavy atom. The summed E-state index contributed by atoms with van der Waals surface area (Å²) in [6.45, 7) is 6.38. The van der Waals surface area contributed by atoms with Crippen molar-refractivity contribution in [3.63, 3.8) is 0 Å². The summed E-state index contributed by atoms with van der Waals surface area (Å²) in [5.74, 6) is -0.793. The van der Waals surface area contributed by atoms with Crippen molar-refractivity contribution in [1.29, 1.82) is 0 Å². The molecular formula is C14H23ClN2O5S. The summed E-state index contributed by atoms with van der Waals surface area (Å²) < 4.78 is 36.5. The lowest BCUT2D eigenvalue weighted by Gasteiger charge is -2.41. The molecule has 0 radical (unpaired) electrons. The van der Waals surface area contributed by atoms with Crippen molar-refractivity contribution in [3.05, 3.63) is 17.9 Å². The van der Waals surface area contributed by atoms with Crippen molar-refractivity contribution in [1.82, 2.24) is 4.31 Å². The van der Waals surface area contributed by atoms with Crippen LogP contribution in [0.1, 0.15) is 37.7 Å². The maximum absolute atomic E-state index is 12.6. The topological polar surface area (TPSA) is 103 Å². The number of piperidine rings is 1. The second-order valence-electron chi connectivity index (χ2n) is 6.06. The molecular weight excluding hydrogens is 344 g/mol. The first-order valence-electron chi connectivity index (χ1n) is 7.21. The van der Waals surface area contributed by atoms with Crippen LogP contribution in [0.25, 0.3) is 0 Å². The molecule has 0 amide bonds. The fourth-order valence-corrected chi connectivity index (χ4v) is 3.97. The minimum absolute atomic E-state index is 0. The number of hydrogen-bond donors (Lipinski definition) is 1. The molecule has 132 valence electrons. The number of ether oxygens (including phenoxy) is 1. The maximum Gasteiger partial charge on any atom is 0.374 e. The third-order valence-corrected chi connectivity index (χ3v) is 5.65. The van der Waals surface area contributed by atoms with Gasteiger partial charge in [0.25, 0.3) is 10.0 Å². The molecule has 1 unspecified atom stereocenters. The molecule has 0 bridgehead atoms. The van der Waals surface area contributed by atoms with Crippen molar-refractivity contribution in [2.75, 3.05) is 19.7 Å². The van der Waals surface area contributed by atoms with Gasteiger partial charge in [-0.2, -0.15) is 4.31 Å². The molecule has 1 aliphatic heterocycles. The lowest BCUT2D eigenvalue weighted by molar-refractivity contribution is 0.0483. The number of carbonyl (C=O) groups excluding carboxylic acids is 1. The van der Waals surface area contributed by atoms with E-state index in [9.17, 15) is 13.2 Å². The standard InChI is InChI=1S/C14H22N2O5S.ClH/c1-4-20-13(17)10-5-6-12(21-10)22(18,19)16-8-7-11(15)14(2,3)9-16;/h5-6,11H,4,7-9,15H2,1-3H3;1H. The molecule has 1 aromatic heterocycles. The summed E-state index contributed by atoms with van der Waals surface area (Å²) in [5, 5.41) is -0.248.